The minimum absolute atomic E-state index is 0.00638. The van der Waals surface area contributed by atoms with Gasteiger partial charge < -0.3 is 10.4 Å². The first-order valence-electron chi connectivity index (χ1n) is 5.46. The van der Waals surface area contributed by atoms with E-state index in [0.717, 1.165) is 4.88 Å². The second kappa shape index (κ2) is 6.02. The number of carboxylic acid groups (broad SMARTS) is 1. The number of nitro groups is 1. The molecule has 0 radical (unpaired) electrons. The molecule has 0 spiro atoms. The number of rotatable bonds is 5. The first-order valence-corrected chi connectivity index (χ1v) is 7.13. The van der Waals surface area contributed by atoms with Gasteiger partial charge in [-0.15, -0.1) is 11.3 Å². The maximum atomic E-state index is 10.8. The van der Waals surface area contributed by atoms with Crippen LogP contribution >= 0.6 is 27.3 Å². The zero-order valence-electron chi connectivity index (χ0n) is 10.00. The Kier molecular flexibility index (Phi) is 4.35. The van der Waals surface area contributed by atoms with E-state index < -0.39 is 10.9 Å². The van der Waals surface area contributed by atoms with Gasteiger partial charge in [0.1, 0.15) is 0 Å². The Hall–Kier alpha value is -1.93. The minimum Gasteiger partial charge on any atom is -0.478 e. The summed E-state index contributed by atoms with van der Waals surface area (Å²) >= 11 is 4.63. The number of thiophene rings is 1. The first kappa shape index (κ1) is 14.5. The summed E-state index contributed by atoms with van der Waals surface area (Å²) in [5, 5.41) is 24.1. The Bertz CT molecular complexity index is 671. The summed E-state index contributed by atoms with van der Waals surface area (Å²) in [5.41, 5.74) is 0.822. The summed E-state index contributed by atoms with van der Waals surface area (Å²) in [6, 6.07) is 6.00. The fraction of sp³-hybridized carbons (Fsp3) is 0.0833. The number of anilines is 1. The van der Waals surface area contributed by atoms with Gasteiger partial charge in [-0.3, -0.25) is 10.1 Å². The molecule has 8 heteroatoms. The van der Waals surface area contributed by atoms with Gasteiger partial charge in [-0.25, -0.2) is 4.79 Å². The number of carboxylic acids is 1. The van der Waals surface area contributed by atoms with Crippen LogP contribution < -0.4 is 5.32 Å². The molecule has 20 heavy (non-hydrogen) atoms. The highest BCUT2D eigenvalue weighted by Crippen LogP contribution is 2.28. The van der Waals surface area contributed by atoms with Gasteiger partial charge in [0, 0.05) is 33.4 Å². The number of nitrogens with zero attached hydrogens (tertiary/aromatic N) is 1. The monoisotopic (exact) mass is 356 g/mol. The largest absolute Gasteiger partial charge is 0.478 e. The molecule has 2 aromatic rings. The predicted octanol–water partition coefficient (Wildman–Crippen LogP) is 3.73. The number of carbonyl (C=O) groups is 1. The number of non-ortho nitro benzene ring substituents is 1. The number of nitro benzene ring substituents is 1. The topological polar surface area (TPSA) is 92.5 Å². The SMILES string of the molecule is O=C(O)c1csc(CNc2cc([N+](=O)[O-])ccc2Br)c1. The van der Waals surface area contributed by atoms with E-state index >= 15 is 0 Å². The van der Waals surface area contributed by atoms with E-state index in [1.165, 1.54) is 23.5 Å². The van der Waals surface area contributed by atoms with Crippen molar-refractivity contribution in [1.29, 1.82) is 0 Å². The van der Waals surface area contributed by atoms with Crippen molar-refractivity contribution in [3.63, 3.8) is 0 Å². The van der Waals surface area contributed by atoms with Crippen molar-refractivity contribution in [2.24, 2.45) is 0 Å². The van der Waals surface area contributed by atoms with Gasteiger partial charge in [0.05, 0.1) is 16.2 Å². The summed E-state index contributed by atoms with van der Waals surface area (Å²) in [7, 11) is 0. The molecule has 6 nitrogen and oxygen atoms in total. The van der Waals surface area contributed by atoms with Crippen molar-refractivity contribution >= 4 is 44.6 Å². The fourth-order valence-electron chi connectivity index (χ4n) is 1.53. The number of hydrogen-bond donors (Lipinski definition) is 2. The van der Waals surface area contributed by atoms with Crippen LogP contribution in [0.5, 0.6) is 0 Å². The van der Waals surface area contributed by atoms with Gasteiger partial charge in [-0.1, -0.05) is 0 Å². The van der Waals surface area contributed by atoms with Crippen LogP contribution in [0.15, 0.2) is 34.1 Å². The maximum Gasteiger partial charge on any atom is 0.336 e. The molecule has 0 bridgehead atoms. The lowest BCUT2D eigenvalue weighted by Crippen LogP contribution is -2.00. The van der Waals surface area contributed by atoms with Crippen LogP contribution in [0, 0.1) is 10.1 Å². The van der Waals surface area contributed by atoms with Crippen molar-refractivity contribution in [2.75, 3.05) is 5.32 Å². The molecule has 1 heterocycles. The normalized spacial score (nSPS) is 10.2. The van der Waals surface area contributed by atoms with Gasteiger partial charge in [0.15, 0.2) is 0 Å². The Labute approximate surface area is 126 Å². The molecule has 2 N–H and O–H groups in total. The molecule has 2 rings (SSSR count). The maximum absolute atomic E-state index is 10.8. The highest BCUT2D eigenvalue weighted by atomic mass is 79.9. The average molecular weight is 357 g/mol. The molecule has 0 aliphatic rings. The van der Waals surface area contributed by atoms with Crippen molar-refractivity contribution in [1.82, 2.24) is 0 Å². The zero-order valence-corrected chi connectivity index (χ0v) is 12.4. The van der Waals surface area contributed by atoms with Crippen LogP contribution in [0.3, 0.4) is 0 Å². The lowest BCUT2D eigenvalue weighted by Gasteiger charge is -2.07. The van der Waals surface area contributed by atoms with Gasteiger partial charge in [0.25, 0.3) is 5.69 Å². The molecule has 0 atom stereocenters. The zero-order chi connectivity index (χ0) is 14.7. The molecule has 104 valence electrons. The summed E-state index contributed by atoms with van der Waals surface area (Å²) in [5.74, 6) is -0.968. The third-order valence-corrected chi connectivity index (χ3v) is 4.14. The van der Waals surface area contributed by atoms with Crippen LogP contribution in [0.2, 0.25) is 0 Å². The highest BCUT2D eigenvalue weighted by Gasteiger charge is 2.10. The van der Waals surface area contributed by atoms with Crippen LogP contribution in [0.25, 0.3) is 0 Å². The Morgan fingerprint density at radius 1 is 1.45 bits per heavy atom. The van der Waals surface area contributed by atoms with E-state index in [2.05, 4.69) is 21.2 Å². The molecule has 0 saturated heterocycles. The summed E-state index contributed by atoms with van der Waals surface area (Å²) in [6.45, 7) is 0.401. The van der Waals surface area contributed by atoms with E-state index in [1.54, 1.807) is 17.5 Å². The van der Waals surface area contributed by atoms with Crippen LogP contribution in [-0.4, -0.2) is 16.0 Å². The Balaban J connectivity index is 2.11. The third-order valence-electron chi connectivity index (χ3n) is 2.51. The third kappa shape index (κ3) is 3.34. The van der Waals surface area contributed by atoms with E-state index in [-0.39, 0.29) is 11.3 Å². The Morgan fingerprint density at radius 2 is 2.20 bits per heavy atom. The molecule has 0 saturated carbocycles. The van der Waals surface area contributed by atoms with E-state index in [1.807, 2.05) is 0 Å². The quantitative estimate of drug-likeness (QED) is 0.628. The molecule has 0 unspecified atom stereocenters. The van der Waals surface area contributed by atoms with Crippen LogP contribution in [-0.2, 0) is 6.54 Å². The number of aromatic carboxylic acids is 1. The lowest BCUT2D eigenvalue weighted by atomic mass is 10.2. The molecule has 0 aliphatic heterocycles. The van der Waals surface area contributed by atoms with Gasteiger partial charge in [0.2, 0.25) is 0 Å². The average Bonchev–Trinajstić information content (AvgIpc) is 2.86. The molecular formula is C12H9BrN2O4S. The number of hydrogen-bond acceptors (Lipinski definition) is 5. The molecule has 0 amide bonds. The number of benzene rings is 1. The van der Waals surface area contributed by atoms with Gasteiger partial charge >= 0.3 is 5.97 Å². The van der Waals surface area contributed by atoms with E-state index in [0.29, 0.717) is 16.7 Å². The number of halogens is 1. The van der Waals surface area contributed by atoms with Crippen LogP contribution in [0.1, 0.15) is 15.2 Å². The summed E-state index contributed by atoms with van der Waals surface area (Å²) in [6.07, 6.45) is 0. The predicted molar refractivity (Wildman–Crippen MR) is 79.4 cm³/mol. The lowest BCUT2D eigenvalue weighted by molar-refractivity contribution is -0.384. The second-order valence-electron chi connectivity index (χ2n) is 3.88. The van der Waals surface area contributed by atoms with E-state index in [4.69, 9.17) is 5.11 Å². The van der Waals surface area contributed by atoms with Crippen molar-refractivity contribution in [3.8, 4) is 0 Å². The van der Waals surface area contributed by atoms with Crippen molar-refractivity contribution in [3.05, 3.63) is 54.7 Å². The summed E-state index contributed by atoms with van der Waals surface area (Å²) in [4.78, 5) is 21.8. The highest BCUT2D eigenvalue weighted by molar-refractivity contribution is 9.10. The van der Waals surface area contributed by atoms with Crippen LogP contribution in [0.4, 0.5) is 11.4 Å². The smallest absolute Gasteiger partial charge is 0.336 e. The number of nitrogens with one attached hydrogen (secondary N) is 1. The first-order chi connectivity index (χ1) is 9.47. The second-order valence-corrected chi connectivity index (χ2v) is 5.73. The van der Waals surface area contributed by atoms with E-state index in [9.17, 15) is 14.9 Å². The van der Waals surface area contributed by atoms with Gasteiger partial charge in [-0.05, 0) is 28.1 Å². The Morgan fingerprint density at radius 3 is 2.80 bits per heavy atom. The molecule has 0 fully saturated rings. The molecule has 1 aromatic heterocycles. The standard InChI is InChI=1S/C12H9BrN2O4S/c13-10-2-1-8(15(18)19)4-11(10)14-5-9-3-7(6-20-9)12(16)17/h1-4,6,14H,5H2,(H,16,17). The van der Waals surface area contributed by atoms with Crippen molar-refractivity contribution < 1.29 is 14.8 Å². The molecular weight excluding hydrogens is 348 g/mol. The molecule has 1 aromatic carbocycles. The minimum atomic E-state index is -0.968. The fourth-order valence-corrected chi connectivity index (χ4v) is 2.71. The summed E-state index contributed by atoms with van der Waals surface area (Å²) < 4.78 is 0.707. The van der Waals surface area contributed by atoms with Gasteiger partial charge in [-0.2, -0.15) is 0 Å². The van der Waals surface area contributed by atoms with Crippen molar-refractivity contribution in [2.45, 2.75) is 6.54 Å². The molecule has 0 aliphatic carbocycles.